The summed E-state index contributed by atoms with van der Waals surface area (Å²) in [6.45, 7) is 6.62. The Kier molecular flexibility index (Phi) is 8.58. The summed E-state index contributed by atoms with van der Waals surface area (Å²) in [4.78, 5) is 49.8. The molecule has 0 fully saturated rings. The number of carbonyl (C=O) groups is 3. The summed E-state index contributed by atoms with van der Waals surface area (Å²) in [6, 6.07) is 11.5. The molecular weight excluding hydrogens is 446 g/mol. The maximum absolute atomic E-state index is 12.4. The van der Waals surface area contributed by atoms with Crippen LogP contribution in [-0.4, -0.2) is 53.3 Å². The normalized spacial score (nSPS) is 10.9. The van der Waals surface area contributed by atoms with Crippen LogP contribution in [0.1, 0.15) is 36.7 Å². The topological polar surface area (TPSA) is 119 Å². The summed E-state index contributed by atoms with van der Waals surface area (Å²) in [5.74, 6) is -1.79. The molecule has 0 atom stereocenters. The maximum atomic E-state index is 12.4. The predicted molar refractivity (Wildman–Crippen MR) is 124 cm³/mol. The van der Waals surface area contributed by atoms with Gasteiger partial charge in [-0.25, -0.2) is 4.79 Å². The summed E-state index contributed by atoms with van der Waals surface area (Å²) >= 11 is 1.21. The number of likely N-dealkylation sites (N-methyl/N-ethyl adjacent to an activating group) is 1. The molecule has 0 unspecified atom stereocenters. The second-order valence-electron chi connectivity index (χ2n) is 8.48. The monoisotopic (exact) mass is 473 g/mol. The molecule has 2 aromatic rings. The molecule has 0 aliphatic carbocycles. The number of nitrogens with zero attached hydrogens (tertiary/aromatic N) is 2. The molecule has 0 saturated carbocycles. The minimum Gasteiger partial charge on any atom is -0.452 e. The second-order valence-corrected chi connectivity index (χ2v) is 9.59. The van der Waals surface area contributed by atoms with Crippen molar-refractivity contribution in [3.63, 3.8) is 0 Å². The molecule has 2 rings (SSSR count). The van der Waals surface area contributed by atoms with Gasteiger partial charge in [0.1, 0.15) is 0 Å². The number of rotatable bonds is 8. The standard InChI is InChI=1S/C23H27N3O6S/c1-15-6-9-17(10-7-15)33-19-11-8-16(12-18(19)26(30)31)22(29)32-14-21(28)25(5)13-20(27)24-23(2,3)4/h6-12H,13-14H2,1-5H3,(H,24,27). The summed E-state index contributed by atoms with van der Waals surface area (Å²) in [6.07, 6.45) is 0. The first kappa shape index (κ1) is 25.9. The van der Waals surface area contributed by atoms with Crippen LogP contribution in [0.4, 0.5) is 5.69 Å². The summed E-state index contributed by atoms with van der Waals surface area (Å²) in [5, 5.41) is 14.3. The molecule has 176 valence electrons. The Balaban J connectivity index is 2.02. The third kappa shape index (κ3) is 8.23. The Morgan fingerprint density at radius 3 is 2.33 bits per heavy atom. The van der Waals surface area contributed by atoms with E-state index in [2.05, 4.69) is 5.32 Å². The Morgan fingerprint density at radius 2 is 1.76 bits per heavy atom. The molecule has 0 spiro atoms. The Bertz CT molecular complexity index is 1050. The molecule has 10 heteroatoms. The van der Waals surface area contributed by atoms with Gasteiger partial charge in [0.25, 0.3) is 11.6 Å². The zero-order valence-corrected chi connectivity index (χ0v) is 20.0. The highest BCUT2D eigenvalue weighted by Gasteiger charge is 2.22. The van der Waals surface area contributed by atoms with Gasteiger partial charge in [-0.3, -0.25) is 19.7 Å². The third-order valence-electron chi connectivity index (χ3n) is 4.29. The number of carbonyl (C=O) groups excluding carboxylic acids is 3. The Labute approximate surface area is 196 Å². The molecule has 2 amide bonds. The number of amides is 2. The van der Waals surface area contributed by atoms with Crippen molar-refractivity contribution in [2.45, 2.75) is 43.0 Å². The first-order valence-corrected chi connectivity index (χ1v) is 10.9. The van der Waals surface area contributed by atoms with Crippen molar-refractivity contribution < 1.29 is 24.0 Å². The molecule has 0 aliphatic heterocycles. The van der Waals surface area contributed by atoms with Crippen LogP contribution < -0.4 is 5.32 Å². The highest BCUT2D eigenvalue weighted by molar-refractivity contribution is 7.99. The lowest BCUT2D eigenvalue weighted by Gasteiger charge is -2.23. The van der Waals surface area contributed by atoms with Gasteiger partial charge in [0, 0.05) is 23.5 Å². The summed E-state index contributed by atoms with van der Waals surface area (Å²) < 4.78 is 5.01. The van der Waals surface area contributed by atoms with Gasteiger partial charge < -0.3 is 15.0 Å². The minimum absolute atomic E-state index is 0.0455. The lowest BCUT2D eigenvalue weighted by Crippen LogP contribution is -2.46. The van der Waals surface area contributed by atoms with E-state index in [-0.39, 0.29) is 23.7 Å². The average molecular weight is 474 g/mol. The lowest BCUT2D eigenvalue weighted by molar-refractivity contribution is -0.387. The van der Waals surface area contributed by atoms with Crippen LogP contribution in [-0.2, 0) is 14.3 Å². The van der Waals surface area contributed by atoms with Crippen LogP contribution in [0.3, 0.4) is 0 Å². The van der Waals surface area contributed by atoms with Crippen LogP contribution >= 0.6 is 11.8 Å². The fraction of sp³-hybridized carbons (Fsp3) is 0.348. The molecule has 0 bridgehead atoms. The average Bonchev–Trinajstić information content (AvgIpc) is 2.71. The maximum Gasteiger partial charge on any atom is 0.338 e. The van der Waals surface area contributed by atoms with Gasteiger partial charge in [-0.05, 0) is 52.0 Å². The third-order valence-corrected chi connectivity index (χ3v) is 5.36. The van der Waals surface area contributed by atoms with Crippen molar-refractivity contribution in [2.75, 3.05) is 20.2 Å². The van der Waals surface area contributed by atoms with Crippen molar-refractivity contribution in [1.82, 2.24) is 10.2 Å². The number of nitrogens with one attached hydrogen (secondary N) is 1. The van der Waals surface area contributed by atoms with Gasteiger partial charge in [-0.1, -0.05) is 29.5 Å². The molecule has 9 nitrogen and oxygen atoms in total. The number of nitro benzene ring substituents is 1. The van der Waals surface area contributed by atoms with E-state index in [1.54, 1.807) is 0 Å². The van der Waals surface area contributed by atoms with E-state index in [4.69, 9.17) is 4.74 Å². The SMILES string of the molecule is Cc1ccc(Sc2ccc(C(=O)OCC(=O)N(C)CC(=O)NC(C)(C)C)cc2[N+](=O)[O-])cc1. The molecular formula is C23H27N3O6S. The molecule has 33 heavy (non-hydrogen) atoms. The lowest BCUT2D eigenvalue weighted by atomic mass is 10.1. The zero-order valence-electron chi connectivity index (χ0n) is 19.2. The van der Waals surface area contributed by atoms with Crippen LogP contribution in [0.25, 0.3) is 0 Å². The van der Waals surface area contributed by atoms with Crippen LogP contribution in [0.5, 0.6) is 0 Å². The summed E-state index contributed by atoms with van der Waals surface area (Å²) in [5.41, 5.74) is 0.349. The number of aryl methyl sites for hydroxylation is 1. The molecule has 0 heterocycles. The van der Waals surface area contributed by atoms with E-state index >= 15 is 0 Å². The molecule has 1 N–H and O–H groups in total. The molecule has 0 aliphatic rings. The second kappa shape index (κ2) is 11.0. The predicted octanol–water partition coefficient (Wildman–Crippen LogP) is 3.58. The quantitative estimate of drug-likeness (QED) is 0.353. The highest BCUT2D eigenvalue weighted by atomic mass is 32.2. The molecule has 2 aromatic carbocycles. The van der Waals surface area contributed by atoms with Crippen LogP contribution in [0.2, 0.25) is 0 Å². The number of hydrogen-bond acceptors (Lipinski definition) is 7. The van der Waals surface area contributed by atoms with Crippen molar-refractivity contribution in [1.29, 1.82) is 0 Å². The van der Waals surface area contributed by atoms with Gasteiger partial charge in [-0.15, -0.1) is 0 Å². The fourth-order valence-corrected chi connectivity index (χ4v) is 3.59. The van der Waals surface area contributed by atoms with Gasteiger partial charge >= 0.3 is 5.97 Å². The van der Waals surface area contributed by atoms with E-state index in [1.165, 1.54) is 30.9 Å². The van der Waals surface area contributed by atoms with Gasteiger partial charge in [0.2, 0.25) is 5.91 Å². The Morgan fingerprint density at radius 1 is 1.12 bits per heavy atom. The van der Waals surface area contributed by atoms with Gasteiger partial charge in [-0.2, -0.15) is 0 Å². The van der Waals surface area contributed by atoms with E-state index in [0.717, 1.165) is 21.4 Å². The fourth-order valence-electron chi connectivity index (χ4n) is 2.69. The summed E-state index contributed by atoms with van der Waals surface area (Å²) in [7, 11) is 1.42. The zero-order chi connectivity index (χ0) is 24.8. The molecule has 0 aromatic heterocycles. The molecule has 0 saturated heterocycles. The van der Waals surface area contributed by atoms with E-state index in [0.29, 0.717) is 4.90 Å². The van der Waals surface area contributed by atoms with E-state index in [9.17, 15) is 24.5 Å². The minimum atomic E-state index is -0.870. The number of hydrogen-bond donors (Lipinski definition) is 1. The van der Waals surface area contributed by atoms with Gasteiger partial charge in [0.15, 0.2) is 6.61 Å². The smallest absolute Gasteiger partial charge is 0.338 e. The number of nitro groups is 1. The number of benzene rings is 2. The van der Waals surface area contributed by atoms with Crippen molar-refractivity contribution >= 4 is 35.2 Å². The first-order chi connectivity index (χ1) is 15.4. The largest absolute Gasteiger partial charge is 0.452 e. The van der Waals surface area contributed by atoms with Gasteiger partial charge in [0.05, 0.1) is 21.9 Å². The number of ether oxygens (including phenoxy) is 1. The van der Waals surface area contributed by atoms with E-state index < -0.39 is 28.9 Å². The number of esters is 1. The van der Waals surface area contributed by atoms with E-state index in [1.807, 2.05) is 52.0 Å². The first-order valence-electron chi connectivity index (χ1n) is 10.1. The molecule has 0 radical (unpaired) electrons. The van der Waals surface area contributed by atoms with Crippen molar-refractivity contribution in [3.05, 3.63) is 63.7 Å². The van der Waals surface area contributed by atoms with Crippen LogP contribution in [0.15, 0.2) is 52.3 Å². The Hall–Kier alpha value is -3.40. The highest BCUT2D eigenvalue weighted by Crippen LogP contribution is 2.35. The van der Waals surface area contributed by atoms with Crippen LogP contribution in [0, 0.1) is 17.0 Å². The van der Waals surface area contributed by atoms with Crippen molar-refractivity contribution in [2.24, 2.45) is 0 Å². The van der Waals surface area contributed by atoms with Crippen molar-refractivity contribution in [3.8, 4) is 0 Å².